The standard InChI is InChI=1S/C25H24ClN3O4/c1-2-32-20-7-9-21(10-8-20)33-23-11-6-18(26)14-22(23)28-25(31)17-13-24(30)29(15-17)16-19-5-3-4-12-27-19/h3-12,14,17H,2,13,15-16H2,1H3,(H,28,31). The van der Waals surface area contributed by atoms with Crippen molar-refractivity contribution in [3.63, 3.8) is 0 Å². The second-order valence-corrected chi connectivity index (χ2v) is 8.07. The second-order valence-electron chi connectivity index (χ2n) is 7.63. The summed E-state index contributed by atoms with van der Waals surface area (Å²) < 4.78 is 11.4. The van der Waals surface area contributed by atoms with Crippen LogP contribution in [0.3, 0.4) is 0 Å². The first kappa shape index (κ1) is 22.6. The van der Waals surface area contributed by atoms with Crippen molar-refractivity contribution in [2.24, 2.45) is 5.92 Å². The molecule has 1 aliphatic rings. The largest absolute Gasteiger partial charge is 0.494 e. The van der Waals surface area contributed by atoms with Gasteiger partial charge in [-0.25, -0.2) is 0 Å². The molecule has 0 spiro atoms. The molecule has 3 aromatic rings. The Bertz CT molecular complexity index is 1120. The Morgan fingerprint density at radius 3 is 2.67 bits per heavy atom. The van der Waals surface area contributed by atoms with E-state index in [1.165, 1.54) is 0 Å². The molecule has 4 rings (SSSR count). The van der Waals surface area contributed by atoms with Crippen molar-refractivity contribution < 1.29 is 19.1 Å². The predicted octanol–water partition coefficient (Wildman–Crippen LogP) is 4.91. The van der Waals surface area contributed by atoms with Gasteiger partial charge in [-0.05, 0) is 61.5 Å². The van der Waals surface area contributed by atoms with E-state index in [4.69, 9.17) is 21.1 Å². The van der Waals surface area contributed by atoms with Crippen molar-refractivity contribution in [1.29, 1.82) is 0 Å². The first-order valence-electron chi connectivity index (χ1n) is 10.7. The van der Waals surface area contributed by atoms with Gasteiger partial charge in [0.1, 0.15) is 11.5 Å². The van der Waals surface area contributed by atoms with E-state index in [2.05, 4.69) is 10.3 Å². The highest BCUT2D eigenvalue weighted by molar-refractivity contribution is 6.31. The molecule has 0 saturated carbocycles. The van der Waals surface area contributed by atoms with E-state index < -0.39 is 5.92 Å². The summed E-state index contributed by atoms with van der Waals surface area (Å²) in [6.07, 6.45) is 1.83. The fourth-order valence-corrected chi connectivity index (χ4v) is 3.78. The third-order valence-corrected chi connectivity index (χ3v) is 5.46. The summed E-state index contributed by atoms with van der Waals surface area (Å²) in [6, 6.07) is 17.8. The molecule has 1 N–H and O–H groups in total. The molecule has 1 aliphatic heterocycles. The first-order valence-corrected chi connectivity index (χ1v) is 11.1. The van der Waals surface area contributed by atoms with E-state index >= 15 is 0 Å². The Labute approximate surface area is 197 Å². The molecule has 1 unspecified atom stereocenters. The number of ether oxygens (including phenoxy) is 2. The fourth-order valence-electron chi connectivity index (χ4n) is 3.61. The van der Waals surface area contributed by atoms with Gasteiger partial charge in [0, 0.05) is 24.2 Å². The topological polar surface area (TPSA) is 80.8 Å². The predicted molar refractivity (Wildman–Crippen MR) is 126 cm³/mol. The minimum atomic E-state index is -0.474. The minimum absolute atomic E-state index is 0.0715. The van der Waals surface area contributed by atoms with Crippen molar-refractivity contribution in [2.75, 3.05) is 18.5 Å². The molecule has 7 nitrogen and oxygen atoms in total. The van der Waals surface area contributed by atoms with Gasteiger partial charge in [0.2, 0.25) is 11.8 Å². The maximum atomic E-state index is 13.0. The van der Waals surface area contributed by atoms with Crippen molar-refractivity contribution in [1.82, 2.24) is 9.88 Å². The molecule has 1 fully saturated rings. The molecule has 2 aromatic carbocycles. The number of hydrogen-bond donors (Lipinski definition) is 1. The van der Waals surface area contributed by atoms with Crippen molar-refractivity contribution in [3.05, 3.63) is 77.6 Å². The van der Waals surface area contributed by atoms with Gasteiger partial charge in [0.25, 0.3) is 0 Å². The lowest BCUT2D eigenvalue weighted by molar-refractivity contribution is -0.128. The quantitative estimate of drug-likeness (QED) is 0.511. The molecule has 2 amide bonds. The summed E-state index contributed by atoms with van der Waals surface area (Å²) in [6.45, 7) is 3.21. The van der Waals surface area contributed by atoms with Crippen molar-refractivity contribution in [2.45, 2.75) is 19.9 Å². The molecule has 0 aliphatic carbocycles. The van der Waals surface area contributed by atoms with Gasteiger partial charge >= 0.3 is 0 Å². The van der Waals surface area contributed by atoms with Crippen LogP contribution in [0.1, 0.15) is 19.0 Å². The summed E-state index contributed by atoms with van der Waals surface area (Å²) in [5.41, 5.74) is 1.23. The zero-order valence-corrected chi connectivity index (χ0v) is 18.9. The molecule has 33 heavy (non-hydrogen) atoms. The molecule has 170 valence electrons. The maximum absolute atomic E-state index is 13.0. The van der Waals surface area contributed by atoms with Crippen LogP contribution in [0.5, 0.6) is 17.2 Å². The van der Waals surface area contributed by atoms with Crippen LogP contribution in [-0.4, -0.2) is 34.8 Å². The first-order chi connectivity index (χ1) is 16.0. The molecule has 0 bridgehead atoms. The average molecular weight is 466 g/mol. The molecule has 2 heterocycles. The summed E-state index contributed by atoms with van der Waals surface area (Å²) in [5, 5.41) is 3.34. The normalized spacial score (nSPS) is 15.4. The number of halogens is 1. The molecular weight excluding hydrogens is 442 g/mol. The SMILES string of the molecule is CCOc1ccc(Oc2ccc(Cl)cc2NC(=O)C2CC(=O)N(Cc3ccccn3)C2)cc1. The molecule has 1 atom stereocenters. The van der Waals surface area contributed by atoms with Crippen LogP contribution >= 0.6 is 11.6 Å². The summed E-state index contributed by atoms with van der Waals surface area (Å²) in [4.78, 5) is 31.3. The van der Waals surface area contributed by atoms with Gasteiger partial charge in [-0.2, -0.15) is 0 Å². The minimum Gasteiger partial charge on any atom is -0.494 e. The van der Waals surface area contributed by atoms with E-state index in [0.29, 0.717) is 41.9 Å². The third kappa shape index (κ3) is 5.81. The Balaban J connectivity index is 1.43. The summed E-state index contributed by atoms with van der Waals surface area (Å²) in [7, 11) is 0. The van der Waals surface area contributed by atoms with Crippen LogP contribution in [0.15, 0.2) is 66.9 Å². The van der Waals surface area contributed by atoms with Gasteiger partial charge in [0.05, 0.1) is 30.5 Å². The third-order valence-electron chi connectivity index (χ3n) is 5.23. The van der Waals surface area contributed by atoms with Crippen LogP contribution in [0, 0.1) is 5.92 Å². The van der Waals surface area contributed by atoms with Crippen LogP contribution in [0.25, 0.3) is 0 Å². The maximum Gasteiger partial charge on any atom is 0.229 e. The fraction of sp³-hybridized carbons (Fsp3) is 0.240. The zero-order chi connectivity index (χ0) is 23.2. The van der Waals surface area contributed by atoms with Gasteiger partial charge in [0.15, 0.2) is 5.75 Å². The monoisotopic (exact) mass is 465 g/mol. The highest BCUT2D eigenvalue weighted by Crippen LogP contribution is 2.33. The van der Waals surface area contributed by atoms with E-state index in [9.17, 15) is 9.59 Å². The summed E-state index contributed by atoms with van der Waals surface area (Å²) >= 11 is 6.16. The number of anilines is 1. The Hall–Kier alpha value is -3.58. The number of rotatable bonds is 8. The van der Waals surface area contributed by atoms with Crippen LogP contribution in [-0.2, 0) is 16.1 Å². The molecule has 1 saturated heterocycles. The number of pyridine rings is 1. The zero-order valence-electron chi connectivity index (χ0n) is 18.2. The Kier molecular flexibility index (Phi) is 7.10. The molecular formula is C25H24ClN3O4. The number of likely N-dealkylation sites (tertiary alicyclic amines) is 1. The van der Waals surface area contributed by atoms with Crippen LogP contribution in [0.2, 0.25) is 5.02 Å². The number of nitrogens with one attached hydrogen (secondary N) is 1. The second kappa shape index (κ2) is 10.4. The average Bonchev–Trinajstić information content (AvgIpc) is 3.18. The molecule has 8 heteroatoms. The Morgan fingerprint density at radius 2 is 1.94 bits per heavy atom. The molecule has 1 aromatic heterocycles. The van der Waals surface area contributed by atoms with E-state index in [1.807, 2.05) is 37.3 Å². The van der Waals surface area contributed by atoms with Gasteiger partial charge in [-0.3, -0.25) is 14.6 Å². The van der Waals surface area contributed by atoms with E-state index in [-0.39, 0.29) is 18.2 Å². The lowest BCUT2D eigenvalue weighted by atomic mass is 10.1. The number of nitrogens with zero attached hydrogens (tertiary/aromatic N) is 2. The number of amides is 2. The van der Waals surface area contributed by atoms with Gasteiger partial charge < -0.3 is 19.7 Å². The van der Waals surface area contributed by atoms with E-state index in [1.54, 1.807) is 41.4 Å². The van der Waals surface area contributed by atoms with Crippen molar-refractivity contribution in [3.8, 4) is 17.2 Å². The van der Waals surface area contributed by atoms with Crippen molar-refractivity contribution >= 4 is 29.1 Å². The van der Waals surface area contributed by atoms with E-state index in [0.717, 1.165) is 11.4 Å². The number of benzene rings is 2. The molecule has 0 radical (unpaired) electrons. The summed E-state index contributed by atoms with van der Waals surface area (Å²) in [5.74, 6) is 0.984. The number of aromatic nitrogens is 1. The number of carbonyl (C=O) groups excluding carboxylic acids is 2. The highest BCUT2D eigenvalue weighted by atomic mass is 35.5. The number of carbonyl (C=O) groups is 2. The number of hydrogen-bond acceptors (Lipinski definition) is 5. The smallest absolute Gasteiger partial charge is 0.229 e. The van der Waals surface area contributed by atoms with Crippen LogP contribution < -0.4 is 14.8 Å². The highest BCUT2D eigenvalue weighted by Gasteiger charge is 2.34. The lowest BCUT2D eigenvalue weighted by Crippen LogP contribution is -2.28. The Morgan fingerprint density at radius 1 is 1.15 bits per heavy atom. The van der Waals surface area contributed by atoms with Crippen LogP contribution in [0.4, 0.5) is 5.69 Å². The van der Waals surface area contributed by atoms with Gasteiger partial charge in [-0.15, -0.1) is 0 Å². The lowest BCUT2D eigenvalue weighted by Gasteiger charge is -2.17. The van der Waals surface area contributed by atoms with Gasteiger partial charge in [-0.1, -0.05) is 17.7 Å².